The zero-order chi connectivity index (χ0) is 32.9. The third kappa shape index (κ3) is 9.35. The third-order valence-corrected chi connectivity index (χ3v) is 8.05. The van der Waals surface area contributed by atoms with E-state index in [1.807, 2.05) is 10.9 Å². The number of methoxy groups -OCH3 is 5. The van der Waals surface area contributed by atoms with Gasteiger partial charge < -0.3 is 43.7 Å². The number of aromatic nitrogens is 6. The number of piperidine rings is 1. The number of hydrogen-bond acceptors (Lipinski definition) is 14. The fourth-order valence-corrected chi connectivity index (χ4v) is 5.27. The van der Waals surface area contributed by atoms with Gasteiger partial charge in [0.1, 0.15) is 11.0 Å². The van der Waals surface area contributed by atoms with Crippen molar-refractivity contribution in [1.29, 1.82) is 0 Å². The summed E-state index contributed by atoms with van der Waals surface area (Å²) in [6.07, 6.45) is 5.94. The van der Waals surface area contributed by atoms with Crippen LogP contribution in [0, 0.1) is 0 Å². The number of ether oxygens (including phenoxy) is 5. The van der Waals surface area contributed by atoms with Gasteiger partial charge in [0.2, 0.25) is 11.9 Å². The Balaban J connectivity index is 1.87. The van der Waals surface area contributed by atoms with E-state index in [0.717, 1.165) is 37.3 Å². The van der Waals surface area contributed by atoms with Crippen molar-refractivity contribution < 1.29 is 23.7 Å². The van der Waals surface area contributed by atoms with Crippen LogP contribution in [0.3, 0.4) is 0 Å². The van der Waals surface area contributed by atoms with E-state index >= 15 is 0 Å². The van der Waals surface area contributed by atoms with Crippen LogP contribution in [0.2, 0.25) is 0 Å². The van der Waals surface area contributed by atoms with Crippen LogP contribution in [0.15, 0.2) is 12.4 Å². The number of anilines is 4. The Morgan fingerprint density at radius 1 is 0.783 bits per heavy atom. The van der Waals surface area contributed by atoms with Gasteiger partial charge in [-0.2, -0.15) is 15.1 Å². The first-order chi connectivity index (χ1) is 22.4. The first-order valence-corrected chi connectivity index (χ1v) is 16.0. The fraction of sp³-hybridized carbons (Fsp3) is 0.710. The SMILES string of the molecule is COCCN(CCOC)c1nc(N2CCC(OC)CC2)c2nc(N(CCOC)CCOC)nc(NCc3cnn(C(C)C)c3)c2n1. The van der Waals surface area contributed by atoms with Gasteiger partial charge in [-0.1, -0.05) is 0 Å². The summed E-state index contributed by atoms with van der Waals surface area (Å²) in [4.78, 5) is 27.0. The highest BCUT2D eigenvalue weighted by Gasteiger charge is 2.27. The summed E-state index contributed by atoms with van der Waals surface area (Å²) in [7, 11) is 8.54. The normalized spacial score (nSPS) is 14.0. The molecule has 0 spiro atoms. The van der Waals surface area contributed by atoms with E-state index in [0.29, 0.717) is 87.9 Å². The molecule has 0 amide bonds. The molecule has 0 saturated carbocycles. The van der Waals surface area contributed by atoms with Crippen LogP contribution in [0.25, 0.3) is 11.0 Å². The molecule has 3 aromatic heterocycles. The van der Waals surface area contributed by atoms with Gasteiger partial charge in [-0.25, -0.2) is 9.97 Å². The summed E-state index contributed by atoms with van der Waals surface area (Å²) in [6, 6.07) is 0.264. The molecule has 256 valence electrons. The van der Waals surface area contributed by atoms with Crippen LogP contribution in [0.1, 0.15) is 38.3 Å². The van der Waals surface area contributed by atoms with E-state index in [1.165, 1.54) is 0 Å². The van der Waals surface area contributed by atoms with Crippen LogP contribution in [0.5, 0.6) is 0 Å². The number of fused-ring (bicyclic) bond motifs is 1. The number of rotatable bonds is 20. The van der Waals surface area contributed by atoms with Gasteiger partial charge in [0, 0.05) is 99.2 Å². The second-order valence-corrected chi connectivity index (χ2v) is 11.6. The quantitative estimate of drug-likeness (QED) is 0.193. The maximum atomic E-state index is 5.68. The minimum atomic E-state index is 0.219. The minimum absolute atomic E-state index is 0.219. The molecule has 1 saturated heterocycles. The molecule has 0 radical (unpaired) electrons. The van der Waals surface area contributed by atoms with Crippen molar-refractivity contribution in [2.45, 2.75) is 45.4 Å². The average molecular weight is 645 g/mol. The standard InChI is InChI=1S/C31H52N10O5/c1-23(2)41-22-24(21-33-41)20-32-28-26-27(35-30(36-28)39(12-16-42-3)13-17-43-4)29(38-10-8-25(46-7)9-11-38)37-31(34-26)40(14-18-44-5)15-19-45-6/h21-23,25H,8-20H2,1-7H3,(H,32,35,36). The second-order valence-electron chi connectivity index (χ2n) is 11.6. The van der Waals surface area contributed by atoms with Crippen LogP contribution in [-0.2, 0) is 30.2 Å². The van der Waals surface area contributed by atoms with Crippen LogP contribution in [-0.4, -0.2) is 137 Å². The van der Waals surface area contributed by atoms with E-state index in [4.69, 9.17) is 43.6 Å². The highest BCUT2D eigenvalue weighted by Crippen LogP contribution is 2.33. The molecular formula is C31H52N10O5. The van der Waals surface area contributed by atoms with Gasteiger partial charge in [0.15, 0.2) is 11.6 Å². The lowest BCUT2D eigenvalue weighted by atomic mass is 10.1. The topological polar surface area (TPSA) is 137 Å². The van der Waals surface area contributed by atoms with Gasteiger partial charge in [0.25, 0.3) is 0 Å². The zero-order valence-electron chi connectivity index (χ0n) is 28.6. The molecule has 1 aliphatic rings. The van der Waals surface area contributed by atoms with Crippen molar-refractivity contribution >= 4 is 34.6 Å². The molecule has 0 unspecified atom stereocenters. The molecule has 0 aliphatic carbocycles. The van der Waals surface area contributed by atoms with Crippen LogP contribution in [0.4, 0.5) is 23.5 Å². The number of nitrogens with one attached hydrogen (secondary N) is 1. The Bertz CT molecular complexity index is 1320. The molecule has 4 heterocycles. The first-order valence-electron chi connectivity index (χ1n) is 16.0. The predicted molar refractivity (Wildman–Crippen MR) is 179 cm³/mol. The molecule has 46 heavy (non-hydrogen) atoms. The van der Waals surface area contributed by atoms with Crippen molar-refractivity contribution in [2.75, 3.05) is 121 Å². The lowest BCUT2D eigenvalue weighted by Gasteiger charge is -2.33. The maximum Gasteiger partial charge on any atom is 0.228 e. The molecule has 3 aromatic rings. The van der Waals surface area contributed by atoms with Gasteiger partial charge in [0.05, 0.1) is 38.7 Å². The Kier molecular flexibility index (Phi) is 14.0. The Hall–Kier alpha value is -3.37. The summed E-state index contributed by atoms with van der Waals surface area (Å²) >= 11 is 0. The molecule has 0 atom stereocenters. The summed E-state index contributed by atoms with van der Waals surface area (Å²) < 4.78 is 29.4. The lowest BCUT2D eigenvalue weighted by Crippen LogP contribution is -2.38. The molecule has 0 aromatic carbocycles. The third-order valence-electron chi connectivity index (χ3n) is 8.05. The van der Waals surface area contributed by atoms with Crippen molar-refractivity contribution in [1.82, 2.24) is 29.7 Å². The molecule has 15 heteroatoms. The lowest BCUT2D eigenvalue weighted by molar-refractivity contribution is 0.0818. The number of nitrogens with zero attached hydrogens (tertiary/aromatic N) is 9. The molecule has 1 fully saturated rings. The van der Waals surface area contributed by atoms with E-state index in [-0.39, 0.29) is 12.1 Å². The summed E-state index contributed by atoms with van der Waals surface area (Å²) in [5.74, 6) is 2.52. The summed E-state index contributed by atoms with van der Waals surface area (Å²) in [6.45, 7) is 10.8. The highest BCUT2D eigenvalue weighted by atomic mass is 16.5. The Labute approximate surface area is 272 Å². The van der Waals surface area contributed by atoms with Crippen molar-refractivity contribution in [3.63, 3.8) is 0 Å². The molecule has 4 rings (SSSR count). The Morgan fingerprint density at radius 2 is 1.33 bits per heavy atom. The fourth-order valence-electron chi connectivity index (χ4n) is 5.27. The van der Waals surface area contributed by atoms with E-state index in [9.17, 15) is 0 Å². The van der Waals surface area contributed by atoms with E-state index in [2.05, 4.69) is 45.2 Å². The Morgan fingerprint density at radius 3 is 1.83 bits per heavy atom. The smallest absolute Gasteiger partial charge is 0.228 e. The van der Waals surface area contributed by atoms with E-state index in [1.54, 1.807) is 35.5 Å². The zero-order valence-corrected chi connectivity index (χ0v) is 28.6. The monoisotopic (exact) mass is 644 g/mol. The summed E-state index contributed by atoms with van der Waals surface area (Å²) in [5, 5.41) is 8.09. The van der Waals surface area contributed by atoms with Gasteiger partial charge >= 0.3 is 0 Å². The molecule has 1 N–H and O–H groups in total. The summed E-state index contributed by atoms with van der Waals surface area (Å²) in [5.41, 5.74) is 2.37. The predicted octanol–water partition coefficient (Wildman–Crippen LogP) is 2.62. The van der Waals surface area contributed by atoms with Gasteiger partial charge in [-0.15, -0.1) is 0 Å². The van der Waals surface area contributed by atoms with E-state index < -0.39 is 0 Å². The van der Waals surface area contributed by atoms with Crippen LogP contribution >= 0.6 is 0 Å². The highest BCUT2D eigenvalue weighted by molar-refractivity contribution is 5.95. The average Bonchev–Trinajstić information content (AvgIpc) is 3.56. The van der Waals surface area contributed by atoms with Gasteiger partial charge in [-0.05, 0) is 26.7 Å². The second kappa shape index (κ2) is 18.1. The number of hydrogen-bond donors (Lipinski definition) is 1. The van der Waals surface area contributed by atoms with Crippen molar-refractivity contribution in [2.24, 2.45) is 0 Å². The van der Waals surface area contributed by atoms with Crippen LogP contribution < -0.4 is 20.0 Å². The van der Waals surface area contributed by atoms with Crippen molar-refractivity contribution in [3.05, 3.63) is 18.0 Å². The van der Waals surface area contributed by atoms with Gasteiger partial charge in [-0.3, -0.25) is 4.68 Å². The maximum absolute atomic E-state index is 5.68. The first kappa shape index (κ1) is 35.5. The molecular weight excluding hydrogens is 592 g/mol. The minimum Gasteiger partial charge on any atom is -0.383 e. The molecule has 15 nitrogen and oxygen atoms in total. The van der Waals surface area contributed by atoms with Crippen molar-refractivity contribution in [3.8, 4) is 0 Å². The molecule has 0 bridgehead atoms. The largest absolute Gasteiger partial charge is 0.383 e. The molecule has 1 aliphatic heterocycles.